The summed E-state index contributed by atoms with van der Waals surface area (Å²) in [5.41, 5.74) is 6.41. The number of nitrogen functional groups attached to an aromatic ring is 1. The molecule has 0 aliphatic heterocycles. The highest BCUT2D eigenvalue weighted by atomic mass is 79.9. The summed E-state index contributed by atoms with van der Waals surface area (Å²) in [6.07, 6.45) is 1.47. The van der Waals surface area contributed by atoms with E-state index < -0.39 is 0 Å². The number of nitrogens with zero attached hydrogens (tertiary/aromatic N) is 2. The monoisotopic (exact) mass is 255 g/mol. The van der Waals surface area contributed by atoms with Gasteiger partial charge in [0.15, 0.2) is 0 Å². The second kappa shape index (κ2) is 3.43. The zero-order valence-corrected chi connectivity index (χ0v) is 8.97. The van der Waals surface area contributed by atoms with Gasteiger partial charge in [-0.15, -0.1) is 11.3 Å². The lowest BCUT2D eigenvalue weighted by molar-refractivity contribution is 1.18. The van der Waals surface area contributed by atoms with Crippen molar-refractivity contribution >= 4 is 33.1 Å². The van der Waals surface area contributed by atoms with Gasteiger partial charge in [0.2, 0.25) is 0 Å². The van der Waals surface area contributed by atoms with Crippen molar-refractivity contribution in [1.82, 2.24) is 9.97 Å². The van der Waals surface area contributed by atoms with E-state index in [1.807, 2.05) is 11.4 Å². The zero-order chi connectivity index (χ0) is 9.26. The molecule has 3 nitrogen and oxygen atoms in total. The van der Waals surface area contributed by atoms with Crippen LogP contribution in [0.4, 0.5) is 5.82 Å². The number of hydrogen-bond acceptors (Lipinski definition) is 4. The van der Waals surface area contributed by atoms with E-state index in [-0.39, 0.29) is 0 Å². The Hall–Kier alpha value is -0.940. The Morgan fingerprint density at radius 3 is 2.85 bits per heavy atom. The van der Waals surface area contributed by atoms with Crippen LogP contribution in [0.15, 0.2) is 28.3 Å². The molecule has 66 valence electrons. The molecule has 0 aromatic carbocycles. The van der Waals surface area contributed by atoms with Crippen LogP contribution in [-0.4, -0.2) is 9.97 Å². The van der Waals surface area contributed by atoms with E-state index in [2.05, 4.69) is 25.9 Å². The van der Waals surface area contributed by atoms with Gasteiger partial charge in [-0.25, -0.2) is 9.97 Å². The van der Waals surface area contributed by atoms with E-state index in [0.717, 1.165) is 15.0 Å². The van der Waals surface area contributed by atoms with Gasteiger partial charge in [0, 0.05) is 10.5 Å². The minimum absolute atomic E-state index is 0.491. The second-order valence-corrected chi connectivity index (χ2v) is 4.20. The van der Waals surface area contributed by atoms with E-state index in [1.165, 1.54) is 6.33 Å². The first-order valence-electron chi connectivity index (χ1n) is 3.58. The molecule has 0 aliphatic carbocycles. The first-order chi connectivity index (χ1) is 6.27. The van der Waals surface area contributed by atoms with Gasteiger partial charge >= 0.3 is 0 Å². The fourth-order valence-corrected chi connectivity index (χ4v) is 2.52. The molecule has 2 heterocycles. The molecule has 0 unspecified atom stereocenters. The maximum absolute atomic E-state index is 5.55. The lowest BCUT2D eigenvalue weighted by Crippen LogP contribution is -1.91. The fraction of sp³-hybridized carbons (Fsp3) is 0. The number of thiophene rings is 1. The van der Waals surface area contributed by atoms with Crippen LogP contribution in [0.5, 0.6) is 0 Å². The summed E-state index contributed by atoms with van der Waals surface area (Å²) in [7, 11) is 0. The zero-order valence-electron chi connectivity index (χ0n) is 6.57. The van der Waals surface area contributed by atoms with E-state index in [1.54, 1.807) is 17.4 Å². The number of aromatic nitrogens is 2. The highest BCUT2D eigenvalue weighted by Gasteiger charge is 2.05. The standard InChI is InChI=1S/C8H6BrN3S/c9-5-1-2-13-8(5)6-3-7(10)12-4-11-6/h1-4H,(H2,10,11,12). The van der Waals surface area contributed by atoms with Crippen LogP contribution >= 0.6 is 27.3 Å². The third-order valence-corrected chi connectivity index (χ3v) is 3.40. The summed E-state index contributed by atoms with van der Waals surface area (Å²) in [6, 6.07) is 3.74. The Morgan fingerprint density at radius 1 is 1.38 bits per heavy atom. The number of nitrogens with two attached hydrogens (primary N) is 1. The molecule has 0 aliphatic rings. The topological polar surface area (TPSA) is 51.8 Å². The Bertz CT molecular complexity index is 427. The van der Waals surface area contributed by atoms with Crippen LogP contribution in [0.3, 0.4) is 0 Å². The molecule has 5 heteroatoms. The molecule has 2 N–H and O–H groups in total. The highest BCUT2D eigenvalue weighted by Crippen LogP contribution is 2.32. The third-order valence-electron chi connectivity index (χ3n) is 1.54. The molecule has 2 aromatic rings. The molecule has 2 rings (SSSR count). The number of hydrogen-bond donors (Lipinski definition) is 1. The Labute approximate surface area is 87.8 Å². The predicted molar refractivity (Wildman–Crippen MR) is 57.5 cm³/mol. The summed E-state index contributed by atoms with van der Waals surface area (Å²) in [6.45, 7) is 0. The van der Waals surface area contributed by atoms with Gasteiger partial charge < -0.3 is 5.73 Å². The quantitative estimate of drug-likeness (QED) is 0.853. The van der Waals surface area contributed by atoms with E-state index >= 15 is 0 Å². The van der Waals surface area contributed by atoms with Crippen molar-refractivity contribution in [3.05, 3.63) is 28.3 Å². The molecular formula is C8H6BrN3S. The Morgan fingerprint density at radius 2 is 2.23 bits per heavy atom. The molecule has 0 atom stereocenters. The van der Waals surface area contributed by atoms with Crippen molar-refractivity contribution in [2.24, 2.45) is 0 Å². The highest BCUT2D eigenvalue weighted by molar-refractivity contribution is 9.10. The van der Waals surface area contributed by atoms with Crippen LogP contribution in [-0.2, 0) is 0 Å². The Balaban J connectivity index is 2.53. The summed E-state index contributed by atoms with van der Waals surface area (Å²) < 4.78 is 1.04. The van der Waals surface area contributed by atoms with Crippen LogP contribution < -0.4 is 5.73 Å². The SMILES string of the molecule is Nc1cc(-c2sccc2Br)ncn1. The number of halogens is 1. The van der Waals surface area contributed by atoms with Crippen molar-refractivity contribution in [3.8, 4) is 10.6 Å². The maximum atomic E-state index is 5.55. The van der Waals surface area contributed by atoms with Crippen molar-refractivity contribution in [2.75, 3.05) is 5.73 Å². The van der Waals surface area contributed by atoms with Crippen LogP contribution in [0, 0.1) is 0 Å². The fourth-order valence-electron chi connectivity index (χ4n) is 0.973. The first kappa shape index (κ1) is 8.65. The largest absolute Gasteiger partial charge is 0.384 e. The van der Waals surface area contributed by atoms with Crippen LogP contribution in [0.1, 0.15) is 0 Å². The van der Waals surface area contributed by atoms with Gasteiger partial charge in [0.25, 0.3) is 0 Å². The van der Waals surface area contributed by atoms with E-state index in [4.69, 9.17) is 5.73 Å². The lowest BCUT2D eigenvalue weighted by atomic mass is 10.3. The van der Waals surface area contributed by atoms with E-state index in [9.17, 15) is 0 Å². The third kappa shape index (κ3) is 1.71. The van der Waals surface area contributed by atoms with Crippen LogP contribution in [0.25, 0.3) is 10.6 Å². The van der Waals surface area contributed by atoms with Gasteiger partial charge in [0.05, 0.1) is 10.6 Å². The normalized spacial score (nSPS) is 10.2. The number of anilines is 1. The van der Waals surface area contributed by atoms with Crippen molar-refractivity contribution in [3.63, 3.8) is 0 Å². The average Bonchev–Trinajstić information content (AvgIpc) is 2.51. The first-order valence-corrected chi connectivity index (χ1v) is 5.25. The molecule has 0 bridgehead atoms. The molecular weight excluding hydrogens is 250 g/mol. The number of rotatable bonds is 1. The van der Waals surface area contributed by atoms with Gasteiger partial charge in [-0.3, -0.25) is 0 Å². The lowest BCUT2D eigenvalue weighted by Gasteiger charge is -1.97. The molecule has 13 heavy (non-hydrogen) atoms. The van der Waals surface area contributed by atoms with Gasteiger partial charge in [-0.05, 0) is 27.4 Å². The molecule has 0 spiro atoms. The molecule has 0 radical (unpaired) electrons. The predicted octanol–water partition coefficient (Wildman–Crippen LogP) is 2.55. The van der Waals surface area contributed by atoms with Crippen molar-refractivity contribution in [1.29, 1.82) is 0 Å². The maximum Gasteiger partial charge on any atom is 0.127 e. The van der Waals surface area contributed by atoms with E-state index in [0.29, 0.717) is 5.82 Å². The molecule has 0 saturated heterocycles. The molecule has 0 amide bonds. The van der Waals surface area contributed by atoms with Crippen molar-refractivity contribution < 1.29 is 0 Å². The second-order valence-electron chi connectivity index (χ2n) is 2.43. The molecule has 0 saturated carbocycles. The summed E-state index contributed by atoms with van der Waals surface area (Å²) in [5, 5.41) is 2.00. The molecule has 2 aromatic heterocycles. The summed E-state index contributed by atoms with van der Waals surface area (Å²) >= 11 is 5.06. The van der Waals surface area contributed by atoms with Gasteiger partial charge in [0.1, 0.15) is 12.1 Å². The van der Waals surface area contributed by atoms with Gasteiger partial charge in [-0.2, -0.15) is 0 Å². The van der Waals surface area contributed by atoms with Gasteiger partial charge in [-0.1, -0.05) is 0 Å². The smallest absolute Gasteiger partial charge is 0.127 e. The van der Waals surface area contributed by atoms with Crippen molar-refractivity contribution in [2.45, 2.75) is 0 Å². The molecule has 0 fully saturated rings. The minimum Gasteiger partial charge on any atom is -0.384 e. The average molecular weight is 256 g/mol. The summed E-state index contributed by atoms with van der Waals surface area (Å²) in [4.78, 5) is 9.05. The summed E-state index contributed by atoms with van der Waals surface area (Å²) in [5.74, 6) is 0.491. The minimum atomic E-state index is 0.491. The Kier molecular flexibility index (Phi) is 2.28. The van der Waals surface area contributed by atoms with Crippen LogP contribution in [0.2, 0.25) is 0 Å².